The molecule has 0 aliphatic rings. The van der Waals surface area contributed by atoms with E-state index in [1.165, 1.54) is 0 Å². The fourth-order valence-electron chi connectivity index (χ4n) is 1.16. The van der Waals surface area contributed by atoms with E-state index in [1.54, 1.807) is 6.92 Å². The Morgan fingerprint density at radius 1 is 1.33 bits per heavy atom. The summed E-state index contributed by atoms with van der Waals surface area (Å²) < 4.78 is 17.2. The van der Waals surface area contributed by atoms with Crippen LogP contribution in [-0.4, -0.2) is 24.1 Å². The van der Waals surface area contributed by atoms with Gasteiger partial charge in [-0.2, -0.15) is 0 Å². The molecule has 0 aliphatic carbocycles. The summed E-state index contributed by atoms with van der Waals surface area (Å²) >= 11 is 0. The van der Waals surface area contributed by atoms with E-state index in [9.17, 15) is 14.2 Å². The molecule has 0 fully saturated rings. The molecular weight excluding hydrogens is 255 g/mol. The molecule has 0 saturated carbocycles. The second-order valence-electron chi connectivity index (χ2n) is 4.10. The van der Waals surface area contributed by atoms with Crippen LogP contribution in [0.15, 0.2) is 0 Å². The summed E-state index contributed by atoms with van der Waals surface area (Å²) in [6.45, 7) is 5.07. The maximum absolute atomic E-state index is 12.1. The normalized spacial score (nSPS) is 15.8. The molecule has 2 unspecified atom stereocenters. The van der Waals surface area contributed by atoms with Gasteiger partial charge in [0.2, 0.25) is 11.4 Å². The lowest BCUT2D eigenvalue weighted by molar-refractivity contribution is -0.121. The van der Waals surface area contributed by atoms with Crippen LogP contribution in [0.25, 0.3) is 0 Å². The Morgan fingerprint density at radius 2 is 1.94 bits per heavy atom. The predicted molar refractivity (Wildman–Crippen MR) is 70.2 cm³/mol. The minimum atomic E-state index is -3.77. The van der Waals surface area contributed by atoms with Crippen LogP contribution in [-0.2, 0) is 18.7 Å². The summed E-state index contributed by atoms with van der Waals surface area (Å²) in [6, 6.07) is -0.781. The Morgan fingerprint density at radius 3 is 2.39 bits per heavy atom. The Hall–Kier alpha value is -0.710. The van der Waals surface area contributed by atoms with Gasteiger partial charge in [-0.25, -0.2) is 0 Å². The van der Waals surface area contributed by atoms with E-state index in [1.807, 2.05) is 6.92 Å². The van der Waals surface area contributed by atoms with E-state index in [2.05, 4.69) is 5.09 Å². The molecule has 0 radical (unpaired) electrons. The number of nitrogens with one attached hydrogen (secondary N) is 1. The number of nitrogens with two attached hydrogens (primary N) is 1. The number of hydrogen-bond acceptors (Lipinski definition) is 5. The zero-order valence-corrected chi connectivity index (χ0v) is 12.2. The molecule has 0 saturated heterocycles. The van der Waals surface area contributed by atoms with E-state index >= 15 is 0 Å². The monoisotopic (exact) mass is 278 g/mol. The van der Waals surface area contributed by atoms with Crippen LogP contribution in [0.1, 0.15) is 46.5 Å². The van der Waals surface area contributed by atoms with Crippen molar-refractivity contribution in [3.05, 3.63) is 0 Å². The molecule has 0 aromatic carbocycles. The fraction of sp³-hybridized carbons (Fsp3) is 0.818. The van der Waals surface area contributed by atoms with Gasteiger partial charge in [-0.05, 0) is 12.8 Å². The van der Waals surface area contributed by atoms with Crippen molar-refractivity contribution in [3.63, 3.8) is 0 Å². The van der Waals surface area contributed by atoms with Gasteiger partial charge in [0.1, 0.15) is 0 Å². The van der Waals surface area contributed by atoms with Gasteiger partial charge in [0.25, 0.3) is 0 Å². The van der Waals surface area contributed by atoms with Gasteiger partial charge in [0, 0.05) is 6.92 Å². The van der Waals surface area contributed by atoms with Gasteiger partial charge in [0.15, 0.2) is 0 Å². The van der Waals surface area contributed by atoms with Gasteiger partial charge in [-0.1, -0.05) is 26.7 Å². The number of carbonyl (C=O) groups excluding carboxylic acids is 2. The third-order valence-electron chi connectivity index (χ3n) is 2.47. The second-order valence-corrected chi connectivity index (χ2v) is 6.32. The van der Waals surface area contributed by atoms with E-state index in [0.717, 1.165) is 19.8 Å². The zero-order valence-electron chi connectivity index (χ0n) is 11.3. The van der Waals surface area contributed by atoms with Crippen molar-refractivity contribution in [3.8, 4) is 0 Å². The summed E-state index contributed by atoms with van der Waals surface area (Å²) in [5.41, 5.74) is 4.83. The van der Waals surface area contributed by atoms with Crippen molar-refractivity contribution < 1.29 is 18.7 Å². The maximum Gasteiger partial charge on any atom is 0.360 e. The topological polar surface area (TPSA) is 98.5 Å². The molecule has 7 heteroatoms. The van der Waals surface area contributed by atoms with Crippen molar-refractivity contribution in [1.82, 2.24) is 5.09 Å². The molecule has 0 aromatic heterocycles. The largest absolute Gasteiger partial charge is 0.360 e. The molecule has 0 rings (SSSR count). The highest BCUT2D eigenvalue weighted by Gasteiger charge is 2.32. The van der Waals surface area contributed by atoms with Crippen LogP contribution < -0.4 is 10.8 Å². The van der Waals surface area contributed by atoms with Crippen LogP contribution >= 0.6 is 7.52 Å². The number of rotatable bonds is 9. The predicted octanol–water partition coefficient (Wildman–Crippen LogP) is 1.79. The summed E-state index contributed by atoms with van der Waals surface area (Å²) in [5.74, 6) is -0.619. The van der Waals surface area contributed by atoms with E-state index in [-0.39, 0.29) is 6.61 Å². The number of amides is 1. The lowest BCUT2D eigenvalue weighted by Crippen LogP contribution is -2.39. The highest BCUT2D eigenvalue weighted by Crippen LogP contribution is 2.43. The highest BCUT2D eigenvalue weighted by atomic mass is 31.2. The highest BCUT2D eigenvalue weighted by molar-refractivity contribution is 7.74. The molecule has 0 aliphatic heterocycles. The standard InChI is InChI=1S/C11H23N2O4P/c1-4-6-7-8-17-18(16,9(3)14)13-11(15)10(12)5-2/h10H,4-8,12H2,1-3H3,(H,13,15,16). The van der Waals surface area contributed by atoms with Crippen molar-refractivity contribution in [2.45, 2.75) is 52.5 Å². The van der Waals surface area contributed by atoms with Crippen molar-refractivity contribution in [2.24, 2.45) is 5.73 Å². The molecule has 0 heterocycles. The molecule has 18 heavy (non-hydrogen) atoms. The van der Waals surface area contributed by atoms with Crippen molar-refractivity contribution in [2.75, 3.05) is 6.61 Å². The number of hydrogen-bond donors (Lipinski definition) is 2. The van der Waals surface area contributed by atoms with E-state index in [4.69, 9.17) is 10.3 Å². The van der Waals surface area contributed by atoms with E-state index in [0.29, 0.717) is 12.8 Å². The third-order valence-corrected chi connectivity index (χ3v) is 4.36. The average Bonchev–Trinajstić information content (AvgIpc) is 2.33. The molecule has 1 amide bonds. The average molecular weight is 278 g/mol. The minimum Gasteiger partial charge on any atom is -0.320 e. The SMILES string of the molecule is CCCCCOP(=O)(NC(=O)C(N)CC)C(C)=O. The lowest BCUT2D eigenvalue weighted by Gasteiger charge is -2.18. The van der Waals surface area contributed by atoms with Crippen LogP contribution in [0.3, 0.4) is 0 Å². The molecule has 6 nitrogen and oxygen atoms in total. The summed E-state index contributed by atoms with van der Waals surface area (Å²) in [4.78, 5) is 22.9. The van der Waals surface area contributed by atoms with Crippen molar-refractivity contribution >= 4 is 19.0 Å². The molecule has 0 aromatic rings. The Balaban J connectivity index is 4.49. The van der Waals surface area contributed by atoms with Gasteiger partial charge in [0.05, 0.1) is 12.6 Å². The van der Waals surface area contributed by atoms with Crippen LogP contribution in [0.5, 0.6) is 0 Å². The Kier molecular flexibility index (Phi) is 8.07. The van der Waals surface area contributed by atoms with Crippen LogP contribution in [0.4, 0.5) is 0 Å². The first-order valence-electron chi connectivity index (χ1n) is 6.20. The summed E-state index contributed by atoms with van der Waals surface area (Å²) in [6.07, 6.45) is 3.00. The fourth-order valence-corrected chi connectivity index (χ4v) is 2.41. The smallest absolute Gasteiger partial charge is 0.320 e. The third kappa shape index (κ3) is 5.76. The van der Waals surface area contributed by atoms with Gasteiger partial charge in [-0.3, -0.25) is 19.2 Å². The Bertz CT molecular complexity index is 333. The molecule has 3 N–H and O–H groups in total. The first-order valence-corrected chi connectivity index (χ1v) is 7.83. The van der Waals surface area contributed by atoms with E-state index < -0.39 is 25.0 Å². The number of unbranched alkanes of at least 4 members (excludes halogenated alkanes) is 2. The van der Waals surface area contributed by atoms with Crippen molar-refractivity contribution in [1.29, 1.82) is 0 Å². The quantitative estimate of drug-likeness (QED) is 0.495. The molecule has 2 atom stereocenters. The first kappa shape index (κ1) is 17.3. The van der Waals surface area contributed by atoms with Gasteiger partial charge in [-0.15, -0.1) is 0 Å². The summed E-state index contributed by atoms with van der Waals surface area (Å²) in [5, 5.41) is 2.14. The van der Waals surface area contributed by atoms with Gasteiger partial charge >= 0.3 is 7.52 Å². The number of carbonyl (C=O) groups is 2. The molecule has 0 spiro atoms. The van der Waals surface area contributed by atoms with Crippen LogP contribution in [0, 0.1) is 0 Å². The molecule has 0 bridgehead atoms. The second kappa shape index (κ2) is 8.40. The lowest BCUT2D eigenvalue weighted by atomic mass is 10.2. The molecule has 106 valence electrons. The minimum absolute atomic E-state index is 0.187. The zero-order chi connectivity index (χ0) is 14.2. The summed E-state index contributed by atoms with van der Waals surface area (Å²) in [7, 11) is -3.77. The Labute approximate surface area is 108 Å². The maximum atomic E-state index is 12.1. The molecular formula is C11H23N2O4P. The first-order chi connectivity index (χ1) is 8.37. The van der Waals surface area contributed by atoms with Gasteiger partial charge < -0.3 is 10.3 Å². The van der Waals surface area contributed by atoms with Crippen LogP contribution in [0.2, 0.25) is 0 Å².